The van der Waals surface area contributed by atoms with Gasteiger partial charge < -0.3 is 13.9 Å². The zero-order chi connectivity index (χ0) is 32.3. The molecule has 0 aliphatic rings. The third kappa shape index (κ3) is 4.44. The second-order valence-electron chi connectivity index (χ2n) is 12.6. The number of hydrogen-bond acceptors (Lipinski definition) is 2. The van der Waals surface area contributed by atoms with Gasteiger partial charge in [-0.15, -0.1) is 0 Å². The Balaban J connectivity index is 1.14. The van der Waals surface area contributed by atoms with E-state index in [4.69, 9.17) is 4.42 Å². The van der Waals surface area contributed by atoms with Gasteiger partial charge in [0.25, 0.3) is 0 Å². The second-order valence-corrected chi connectivity index (χ2v) is 12.6. The topological polar surface area (TPSA) is 21.3 Å². The van der Waals surface area contributed by atoms with Gasteiger partial charge in [-0.25, -0.2) is 0 Å². The first-order valence-electron chi connectivity index (χ1n) is 16.7. The Morgan fingerprint density at radius 1 is 0.388 bits per heavy atom. The molecule has 0 radical (unpaired) electrons. The number of hydrogen-bond donors (Lipinski definition) is 0. The van der Waals surface area contributed by atoms with Crippen molar-refractivity contribution in [3.8, 4) is 16.8 Å². The van der Waals surface area contributed by atoms with Gasteiger partial charge in [0.1, 0.15) is 11.2 Å². The van der Waals surface area contributed by atoms with Crippen LogP contribution in [0.5, 0.6) is 0 Å². The van der Waals surface area contributed by atoms with Crippen LogP contribution in [0.4, 0.5) is 17.1 Å². The van der Waals surface area contributed by atoms with Gasteiger partial charge in [0.05, 0.1) is 16.7 Å². The molecule has 0 bridgehead atoms. The molecule has 0 fully saturated rings. The standard InChI is InChI=1S/C46H30N2O/c1-2-13-34(14-3-1)48-43-18-8-6-16-38(43)41-30-36(26-28-44(41)48)47(42-19-10-12-32-11-4-5-15-37(32)42)35-24-21-31(22-25-35)33-23-27-40-39-17-7-9-20-45(39)49-46(40)29-33/h1-30H. The normalized spacial score (nSPS) is 11.7. The predicted octanol–water partition coefficient (Wildman–Crippen LogP) is 13.0. The van der Waals surface area contributed by atoms with Gasteiger partial charge in [0.2, 0.25) is 0 Å². The Morgan fingerprint density at radius 2 is 1.04 bits per heavy atom. The fourth-order valence-electron chi connectivity index (χ4n) is 7.49. The van der Waals surface area contributed by atoms with Crippen LogP contribution in [-0.2, 0) is 0 Å². The first-order valence-corrected chi connectivity index (χ1v) is 16.7. The minimum absolute atomic E-state index is 0.906. The maximum absolute atomic E-state index is 6.22. The van der Waals surface area contributed by atoms with Crippen LogP contribution in [-0.4, -0.2) is 4.57 Å². The molecule has 3 heteroatoms. The van der Waals surface area contributed by atoms with Gasteiger partial charge in [-0.3, -0.25) is 0 Å². The third-order valence-electron chi connectivity index (χ3n) is 9.77. The molecule has 3 nitrogen and oxygen atoms in total. The van der Waals surface area contributed by atoms with E-state index in [-0.39, 0.29) is 0 Å². The average Bonchev–Trinajstić information content (AvgIpc) is 3.71. The van der Waals surface area contributed by atoms with Gasteiger partial charge in [-0.1, -0.05) is 109 Å². The van der Waals surface area contributed by atoms with E-state index in [2.05, 4.69) is 179 Å². The van der Waals surface area contributed by atoms with Crippen molar-refractivity contribution in [1.29, 1.82) is 0 Å². The van der Waals surface area contributed by atoms with E-state index in [1.807, 2.05) is 12.1 Å². The highest BCUT2D eigenvalue weighted by molar-refractivity contribution is 6.11. The largest absolute Gasteiger partial charge is 0.456 e. The summed E-state index contributed by atoms with van der Waals surface area (Å²) >= 11 is 0. The number of aromatic nitrogens is 1. The van der Waals surface area contributed by atoms with Crippen LogP contribution >= 0.6 is 0 Å². The van der Waals surface area contributed by atoms with Gasteiger partial charge in [0.15, 0.2) is 0 Å². The van der Waals surface area contributed by atoms with Gasteiger partial charge in [-0.2, -0.15) is 0 Å². The van der Waals surface area contributed by atoms with Crippen molar-refractivity contribution >= 4 is 71.6 Å². The molecule has 0 N–H and O–H groups in total. The number of rotatable bonds is 5. The summed E-state index contributed by atoms with van der Waals surface area (Å²) in [5.41, 5.74) is 11.0. The van der Waals surface area contributed by atoms with Gasteiger partial charge >= 0.3 is 0 Å². The molecule has 0 spiro atoms. The number of nitrogens with zero attached hydrogens (tertiary/aromatic N) is 2. The maximum Gasteiger partial charge on any atom is 0.136 e. The van der Waals surface area contributed by atoms with E-state index in [1.165, 1.54) is 32.6 Å². The zero-order valence-corrected chi connectivity index (χ0v) is 26.6. The SMILES string of the molecule is c1ccc(-n2c3ccccc3c3cc(N(c4ccc(-c5ccc6c(c5)oc5ccccc56)cc4)c4cccc5ccccc45)ccc32)cc1. The molecule has 8 aromatic carbocycles. The summed E-state index contributed by atoms with van der Waals surface area (Å²) in [6.07, 6.45) is 0. The zero-order valence-electron chi connectivity index (χ0n) is 26.6. The van der Waals surface area contributed by atoms with E-state index in [1.54, 1.807) is 0 Å². The highest BCUT2D eigenvalue weighted by Gasteiger charge is 2.19. The predicted molar refractivity (Wildman–Crippen MR) is 206 cm³/mol. The number of anilines is 3. The monoisotopic (exact) mass is 626 g/mol. The second kappa shape index (κ2) is 11.0. The molecule has 10 aromatic rings. The fraction of sp³-hybridized carbons (Fsp3) is 0. The van der Waals surface area contributed by atoms with Crippen molar-refractivity contribution in [2.75, 3.05) is 4.90 Å². The maximum atomic E-state index is 6.22. The Hall–Kier alpha value is -6.58. The highest BCUT2D eigenvalue weighted by atomic mass is 16.3. The lowest BCUT2D eigenvalue weighted by Crippen LogP contribution is -2.10. The minimum Gasteiger partial charge on any atom is -0.456 e. The summed E-state index contributed by atoms with van der Waals surface area (Å²) in [5.74, 6) is 0. The van der Waals surface area contributed by atoms with Crippen molar-refractivity contribution < 1.29 is 4.42 Å². The summed E-state index contributed by atoms with van der Waals surface area (Å²) in [6, 6.07) is 65.1. The lowest BCUT2D eigenvalue weighted by molar-refractivity contribution is 0.669. The van der Waals surface area contributed by atoms with E-state index < -0.39 is 0 Å². The third-order valence-corrected chi connectivity index (χ3v) is 9.77. The summed E-state index contributed by atoms with van der Waals surface area (Å²) < 4.78 is 8.58. The molecule has 0 saturated heterocycles. The fourth-order valence-corrected chi connectivity index (χ4v) is 7.49. The quantitative estimate of drug-likeness (QED) is 0.190. The Labute approximate surface area is 283 Å². The number of para-hydroxylation sites is 3. The smallest absolute Gasteiger partial charge is 0.136 e. The van der Waals surface area contributed by atoms with E-state index in [0.717, 1.165) is 55.8 Å². The van der Waals surface area contributed by atoms with Crippen molar-refractivity contribution in [3.63, 3.8) is 0 Å². The number of furan rings is 1. The summed E-state index contributed by atoms with van der Waals surface area (Å²) in [5, 5.41) is 7.16. The molecule has 49 heavy (non-hydrogen) atoms. The highest BCUT2D eigenvalue weighted by Crippen LogP contribution is 2.42. The van der Waals surface area contributed by atoms with Crippen molar-refractivity contribution in [2.24, 2.45) is 0 Å². The summed E-state index contributed by atoms with van der Waals surface area (Å²) in [7, 11) is 0. The Bertz CT molecular complexity index is 2820. The molecule has 230 valence electrons. The molecule has 0 atom stereocenters. The van der Waals surface area contributed by atoms with Gasteiger partial charge in [0, 0.05) is 44.0 Å². The lowest BCUT2D eigenvalue weighted by atomic mass is 10.0. The van der Waals surface area contributed by atoms with Crippen LogP contribution in [0.3, 0.4) is 0 Å². The van der Waals surface area contributed by atoms with Crippen LogP contribution in [0, 0.1) is 0 Å². The first kappa shape index (κ1) is 27.5. The number of fused-ring (bicyclic) bond motifs is 7. The molecular weight excluding hydrogens is 597 g/mol. The van der Waals surface area contributed by atoms with E-state index >= 15 is 0 Å². The van der Waals surface area contributed by atoms with Crippen molar-refractivity contribution in [3.05, 3.63) is 182 Å². The average molecular weight is 627 g/mol. The van der Waals surface area contributed by atoms with Gasteiger partial charge in [-0.05, 0) is 89.3 Å². The van der Waals surface area contributed by atoms with Crippen LogP contribution in [0.25, 0.3) is 71.3 Å². The van der Waals surface area contributed by atoms with Crippen molar-refractivity contribution in [1.82, 2.24) is 4.57 Å². The molecule has 0 aliphatic carbocycles. The molecule has 10 rings (SSSR count). The molecule has 2 aromatic heterocycles. The molecule has 0 amide bonds. The Morgan fingerprint density at radius 3 is 1.92 bits per heavy atom. The molecule has 0 saturated carbocycles. The lowest BCUT2D eigenvalue weighted by Gasteiger charge is -2.27. The summed E-state index contributed by atoms with van der Waals surface area (Å²) in [6.45, 7) is 0. The molecule has 2 heterocycles. The first-order chi connectivity index (χ1) is 24.3. The molecule has 0 aliphatic heterocycles. The van der Waals surface area contributed by atoms with Crippen LogP contribution in [0.15, 0.2) is 186 Å². The minimum atomic E-state index is 0.906. The summed E-state index contributed by atoms with van der Waals surface area (Å²) in [4.78, 5) is 2.39. The molecule has 0 unspecified atom stereocenters. The number of benzene rings is 8. The Kier molecular flexibility index (Phi) is 6.18. The molecular formula is C46H30N2O. The van der Waals surface area contributed by atoms with Crippen LogP contribution in [0.1, 0.15) is 0 Å². The van der Waals surface area contributed by atoms with Crippen LogP contribution < -0.4 is 4.90 Å². The van der Waals surface area contributed by atoms with E-state index in [9.17, 15) is 0 Å². The van der Waals surface area contributed by atoms with E-state index in [0.29, 0.717) is 0 Å². The van der Waals surface area contributed by atoms with Crippen LogP contribution in [0.2, 0.25) is 0 Å². The van der Waals surface area contributed by atoms with Crippen molar-refractivity contribution in [2.45, 2.75) is 0 Å².